The highest BCUT2D eigenvalue weighted by molar-refractivity contribution is 7.80. The van der Waals surface area contributed by atoms with Crippen LogP contribution in [0.2, 0.25) is 0 Å². The minimum Gasteiger partial charge on any atom is -0.370 e. The number of amides is 1. The predicted octanol–water partition coefficient (Wildman–Crippen LogP) is 4.55. The number of nitrogens with one attached hydrogen (secondary N) is 2. The van der Waals surface area contributed by atoms with Crippen molar-refractivity contribution in [3.05, 3.63) is 23.8 Å². The highest BCUT2D eigenvalue weighted by Crippen LogP contribution is 2.36. The molecule has 1 saturated heterocycles. The van der Waals surface area contributed by atoms with E-state index in [2.05, 4.69) is 10.6 Å². The molecule has 144 valence electrons. The lowest BCUT2D eigenvalue weighted by atomic mass is 10.1. The SMILES string of the molecule is CC(C)CC(=O)NC(=S)Nc1cc(C(F)(F)F)ccc1N1CCCCC1. The van der Waals surface area contributed by atoms with E-state index >= 15 is 0 Å². The number of piperidine rings is 1. The van der Waals surface area contributed by atoms with Crippen LogP contribution in [-0.4, -0.2) is 24.1 Å². The minimum atomic E-state index is -4.45. The van der Waals surface area contributed by atoms with E-state index in [0.29, 0.717) is 12.1 Å². The van der Waals surface area contributed by atoms with Gasteiger partial charge in [0.25, 0.3) is 0 Å². The summed E-state index contributed by atoms with van der Waals surface area (Å²) < 4.78 is 39.3. The van der Waals surface area contributed by atoms with Gasteiger partial charge >= 0.3 is 6.18 Å². The van der Waals surface area contributed by atoms with Crippen molar-refractivity contribution < 1.29 is 18.0 Å². The second-order valence-electron chi connectivity index (χ2n) is 6.88. The van der Waals surface area contributed by atoms with Gasteiger partial charge in [0.15, 0.2) is 5.11 Å². The number of nitrogens with zero attached hydrogens (tertiary/aromatic N) is 1. The van der Waals surface area contributed by atoms with Crippen molar-refractivity contribution >= 4 is 34.6 Å². The highest BCUT2D eigenvalue weighted by atomic mass is 32.1. The molecule has 2 N–H and O–H groups in total. The lowest BCUT2D eigenvalue weighted by Crippen LogP contribution is -2.36. The molecule has 1 amide bonds. The Labute approximate surface area is 157 Å². The van der Waals surface area contributed by atoms with Crippen LogP contribution in [0.15, 0.2) is 18.2 Å². The zero-order valence-corrected chi connectivity index (χ0v) is 15.8. The van der Waals surface area contributed by atoms with Crippen molar-refractivity contribution in [2.75, 3.05) is 23.3 Å². The molecule has 0 aromatic heterocycles. The molecule has 4 nitrogen and oxygen atoms in total. The number of rotatable bonds is 4. The van der Waals surface area contributed by atoms with Gasteiger partial charge in [-0.15, -0.1) is 0 Å². The number of benzene rings is 1. The summed E-state index contributed by atoms with van der Waals surface area (Å²) in [5.41, 5.74) is 0.173. The molecule has 1 aromatic carbocycles. The number of thiocarbonyl (C=S) groups is 1. The van der Waals surface area contributed by atoms with Crippen LogP contribution in [0.5, 0.6) is 0 Å². The van der Waals surface area contributed by atoms with E-state index in [1.165, 1.54) is 6.07 Å². The first-order valence-corrected chi connectivity index (χ1v) is 9.14. The van der Waals surface area contributed by atoms with Crippen LogP contribution in [0.4, 0.5) is 24.5 Å². The first kappa shape index (κ1) is 20.5. The van der Waals surface area contributed by atoms with Crippen LogP contribution in [0.1, 0.15) is 45.1 Å². The minimum absolute atomic E-state index is 0.00762. The van der Waals surface area contributed by atoms with Crippen molar-refractivity contribution in [3.8, 4) is 0 Å². The van der Waals surface area contributed by atoms with Gasteiger partial charge in [-0.05, 0) is 55.6 Å². The van der Waals surface area contributed by atoms with E-state index < -0.39 is 11.7 Å². The third kappa shape index (κ3) is 5.86. The number of carbonyl (C=O) groups is 1. The van der Waals surface area contributed by atoms with Crippen LogP contribution < -0.4 is 15.5 Å². The highest BCUT2D eigenvalue weighted by Gasteiger charge is 2.31. The second kappa shape index (κ2) is 8.70. The second-order valence-corrected chi connectivity index (χ2v) is 7.29. The van der Waals surface area contributed by atoms with Crippen LogP contribution in [0, 0.1) is 5.92 Å². The van der Waals surface area contributed by atoms with Crippen LogP contribution in [0.25, 0.3) is 0 Å². The molecular formula is C18H24F3N3OS. The fourth-order valence-electron chi connectivity index (χ4n) is 2.93. The molecule has 1 aliphatic rings. The Morgan fingerprint density at radius 1 is 1.23 bits per heavy atom. The van der Waals surface area contributed by atoms with Gasteiger partial charge in [0.05, 0.1) is 16.9 Å². The van der Waals surface area contributed by atoms with Crippen molar-refractivity contribution in [1.82, 2.24) is 5.32 Å². The monoisotopic (exact) mass is 387 g/mol. The van der Waals surface area contributed by atoms with Crippen molar-refractivity contribution in [2.45, 2.75) is 45.7 Å². The van der Waals surface area contributed by atoms with Crippen LogP contribution in [0.3, 0.4) is 0 Å². The number of carbonyl (C=O) groups excluding carboxylic acids is 1. The Kier molecular flexibility index (Phi) is 6.86. The Hall–Kier alpha value is -1.83. The molecular weight excluding hydrogens is 363 g/mol. The topological polar surface area (TPSA) is 44.4 Å². The number of hydrogen-bond donors (Lipinski definition) is 2. The smallest absolute Gasteiger partial charge is 0.370 e. The quantitative estimate of drug-likeness (QED) is 0.744. The fraction of sp³-hybridized carbons (Fsp3) is 0.556. The molecule has 1 aromatic rings. The van der Waals surface area contributed by atoms with Crippen molar-refractivity contribution in [1.29, 1.82) is 0 Å². The van der Waals surface area contributed by atoms with Crippen molar-refractivity contribution in [3.63, 3.8) is 0 Å². The summed E-state index contributed by atoms with van der Waals surface area (Å²) in [5.74, 6) is -0.0979. The van der Waals surface area contributed by atoms with E-state index in [1.54, 1.807) is 0 Å². The molecule has 0 aliphatic carbocycles. The maximum absolute atomic E-state index is 13.1. The fourth-order valence-corrected chi connectivity index (χ4v) is 3.15. The van der Waals surface area contributed by atoms with Crippen LogP contribution >= 0.6 is 12.2 Å². The van der Waals surface area contributed by atoms with Gasteiger partial charge in [0, 0.05) is 19.5 Å². The Balaban J connectivity index is 2.21. The zero-order chi connectivity index (χ0) is 19.3. The Morgan fingerprint density at radius 2 is 1.88 bits per heavy atom. The summed E-state index contributed by atoms with van der Waals surface area (Å²) >= 11 is 5.12. The molecule has 26 heavy (non-hydrogen) atoms. The molecule has 2 rings (SSSR count). The normalized spacial score (nSPS) is 15.1. The third-order valence-corrected chi connectivity index (χ3v) is 4.32. The average molecular weight is 387 g/mol. The average Bonchev–Trinajstić information content (AvgIpc) is 2.53. The van der Waals surface area contributed by atoms with Gasteiger partial charge in [-0.3, -0.25) is 4.79 Å². The summed E-state index contributed by atoms with van der Waals surface area (Å²) in [6, 6.07) is 3.59. The molecule has 0 spiro atoms. The number of anilines is 2. The summed E-state index contributed by atoms with van der Waals surface area (Å²) in [6.45, 7) is 5.37. The van der Waals surface area contributed by atoms with Crippen LogP contribution in [-0.2, 0) is 11.0 Å². The summed E-state index contributed by atoms with van der Waals surface area (Å²) in [4.78, 5) is 13.9. The summed E-state index contributed by atoms with van der Waals surface area (Å²) in [6.07, 6.45) is -1.04. The molecule has 0 bridgehead atoms. The molecule has 8 heteroatoms. The zero-order valence-electron chi connectivity index (χ0n) is 14.9. The van der Waals surface area contributed by atoms with Gasteiger partial charge in [-0.25, -0.2) is 0 Å². The molecule has 0 saturated carbocycles. The predicted molar refractivity (Wildman–Crippen MR) is 101 cm³/mol. The Morgan fingerprint density at radius 3 is 2.46 bits per heavy atom. The Bertz CT molecular complexity index is 656. The van der Waals surface area contributed by atoms with E-state index in [-0.39, 0.29) is 22.6 Å². The molecule has 0 unspecified atom stereocenters. The van der Waals surface area contributed by atoms with E-state index in [0.717, 1.165) is 44.5 Å². The number of alkyl halides is 3. The molecule has 1 aliphatic heterocycles. The van der Waals surface area contributed by atoms with E-state index in [1.807, 2.05) is 18.7 Å². The van der Waals surface area contributed by atoms with Crippen molar-refractivity contribution in [2.24, 2.45) is 5.92 Å². The maximum Gasteiger partial charge on any atom is 0.416 e. The van der Waals surface area contributed by atoms with E-state index in [9.17, 15) is 18.0 Å². The van der Waals surface area contributed by atoms with E-state index in [4.69, 9.17) is 12.2 Å². The number of halogens is 3. The molecule has 0 radical (unpaired) electrons. The van der Waals surface area contributed by atoms with Gasteiger partial charge in [-0.1, -0.05) is 13.8 Å². The van der Waals surface area contributed by atoms with Gasteiger partial charge in [0.1, 0.15) is 0 Å². The molecule has 1 heterocycles. The molecule has 1 fully saturated rings. The summed E-state index contributed by atoms with van der Waals surface area (Å²) in [7, 11) is 0. The lowest BCUT2D eigenvalue weighted by Gasteiger charge is -2.31. The molecule has 0 atom stereocenters. The third-order valence-electron chi connectivity index (χ3n) is 4.12. The van der Waals surface area contributed by atoms with Gasteiger partial charge in [-0.2, -0.15) is 13.2 Å². The largest absolute Gasteiger partial charge is 0.416 e. The maximum atomic E-state index is 13.1. The van der Waals surface area contributed by atoms with Gasteiger partial charge in [0.2, 0.25) is 5.91 Å². The van der Waals surface area contributed by atoms with Gasteiger partial charge < -0.3 is 15.5 Å². The summed E-state index contributed by atoms with van der Waals surface area (Å²) in [5, 5.41) is 5.32. The lowest BCUT2D eigenvalue weighted by molar-refractivity contribution is -0.137. The standard InChI is InChI=1S/C18H24F3N3OS/c1-12(2)10-16(25)23-17(26)22-14-11-13(18(19,20)21)6-7-15(14)24-8-4-3-5-9-24/h6-7,11-12H,3-5,8-10H2,1-2H3,(H2,22,23,25,26). The first-order valence-electron chi connectivity index (χ1n) is 8.74. The first-order chi connectivity index (χ1) is 12.2. The number of hydrogen-bond acceptors (Lipinski definition) is 3.